The Bertz CT molecular complexity index is 1020. The van der Waals surface area contributed by atoms with Gasteiger partial charge in [0.2, 0.25) is 5.96 Å². The summed E-state index contributed by atoms with van der Waals surface area (Å²) in [5.41, 5.74) is 13.9. The lowest BCUT2D eigenvalue weighted by Gasteiger charge is -2.26. The second kappa shape index (κ2) is 8.07. The lowest BCUT2D eigenvalue weighted by Crippen LogP contribution is -2.32. The van der Waals surface area contributed by atoms with Crippen LogP contribution in [-0.2, 0) is 0 Å². The second-order valence-electron chi connectivity index (χ2n) is 6.68. The SMILES string of the molecule is CC(C)CSc1cccc(C2N=C(NC#N)Nc3nc(N)c(C#N)c(N)c32)c1. The van der Waals surface area contributed by atoms with E-state index in [1.807, 2.05) is 36.5 Å². The molecule has 0 fully saturated rings. The number of pyridine rings is 1. The fraction of sp³-hybridized carbons (Fsp3) is 0.263. The van der Waals surface area contributed by atoms with Gasteiger partial charge < -0.3 is 16.8 Å². The zero-order valence-corrected chi connectivity index (χ0v) is 16.3. The first kappa shape index (κ1) is 19.3. The molecule has 0 radical (unpaired) electrons. The number of thioether (sulfide) groups is 1. The number of nitrogens with two attached hydrogens (primary N) is 2. The topological polar surface area (TPSA) is 149 Å². The van der Waals surface area contributed by atoms with Crippen LogP contribution in [0.4, 0.5) is 17.3 Å². The molecule has 0 aliphatic carbocycles. The average molecular weight is 392 g/mol. The van der Waals surface area contributed by atoms with Crippen LogP contribution in [0.15, 0.2) is 34.2 Å². The number of fused-ring (bicyclic) bond motifs is 1. The Morgan fingerprint density at radius 3 is 2.79 bits per heavy atom. The average Bonchev–Trinajstić information content (AvgIpc) is 2.66. The number of aromatic nitrogens is 1. The van der Waals surface area contributed by atoms with Gasteiger partial charge in [0.05, 0.1) is 5.69 Å². The van der Waals surface area contributed by atoms with E-state index in [-0.39, 0.29) is 23.0 Å². The Balaban J connectivity index is 2.11. The number of nitriles is 2. The van der Waals surface area contributed by atoms with E-state index in [9.17, 15) is 5.26 Å². The molecule has 1 atom stereocenters. The third kappa shape index (κ3) is 3.80. The van der Waals surface area contributed by atoms with Gasteiger partial charge in [0.25, 0.3) is 0 Å². The number of aliphatic imine (C=N–C) groups is 1. The number of nitrogens with zero attached hydrogens (tertiary/aromatic N) is 4. The van der Waals surface area contributed by atoms with Crippen molar-refractivity contribution in [2.24, 2.45) is 10.9 Å². The summed E-state index contributed by atoms with van der Waals surface area (Å²) in [4.78, 5) is 9.95. The van der Waals surface area contributed by atoms with Crippen molar-refractivity contribution < 1.29 is 0 Å². The third-order valence-electron chi connectivity index (χ3n) is 4.11. The van der Waals surface area contributed by atoms with Gasteiger partial charge in [-0.15, -0.1) is 11.8 Å². The van der Waals surface area contributed by atoms with Crippen LogP contribution >= 0.6 is 11.8 Å². The van der Waals surface area contributed by atoms with E-state index in [1.165, 1.54) is 0 Å². The minimum atomic E-state index is -0.521. The van der Waals surface area contributed by atoms with Crippen LogP contribution in [0.25, 0.3) is 0 Å². The van der Waals surface area contributed by atoms with Crippen molar-refractivity contribution >= 4 is 35.0 Å². The van der Waals surface area contributed by atoms with Gasteiger partial charge in [-0.1, -0.05) is 26.0 Å². The summed E-state index contributed by atoms with van der Waals surface area (Å²) in [5, 5.41) is 23.8. The monoisotopic (exact) mass is 392 g/mol. The number of hydrogen-bond acceptors (Lipinski definition) is 9. The molecule has 1 aliphatic rings. The summed E-state index contributed by atoms with van der Waals surface area (Å²) >= 11 is 1.76. The zero-order chi connectivity index (χ0) is 20.3. The Hall–Kier alpha value is -3.43. The molecule has 2 aromatic rings. The molecule has 1 unspecified atom stereocenters. The number of guanidine groups is 1. The lowest BCUT2D eigenvalue weighted by molar-refractivity contribution is 0.750. The minimum Gasteiger partial charge on any atom is -0.397 e. The molecule has 0 spiro atoms. The molecule has 0 amide bonds. The number of nitrogen functional groups attached to an aromatic ring is 2. The van der Waals surface area contributed by atoms with Crippen LogP contribution < -0.4 is 22.1 Å². The maximum absolute atomic E-state index is 9.39. The first-order valence-corrected chi connectivity index (χ1v) is 9.64. The normalized spacial score (nSPS) is 15.0. The van der Waals surface area contributed by atoms with E-state index in [2.05, 4.69) is 34.5 Å². The number of nitrogens with one attached hydrogen (secondary N) is 2. The lowest BCUT2D eigenvalue weighted by atomic mass is 9.95. The first-order valence-electron chi connectivity index (χ1n) is 8.66. The molecule has 8 nitrogen and oxygen atoms in total. The smallest absolute Gasteiger partial charge is 0.211 e. The van der Waals surface area contributed by atoms with Crippen molar-refractivity contribution in [2.45, 2.75) is 24.8 Å². The Morgan fingerprint density at radius 1 is 1.32 bits per heavy atom. The molecule has 1 aliphatic heterocycles. The van der Waals surface area contributed by atoms with E-state index in [0.29, 0.717) is 17.3 Å². The molecular formula is C19H20N8S. The molecule has 28 heavy (non-hydrogen) atoms. The van der Waals surface area contributed by atoms with Gasteiger partial charge in [0.15, 0.2) is 6.19 Å². The zero-order valence-electron chi connectivity index (χ0n) is 15.5. The molecular weight excluding hydrogens is 372 g/mol. The van der Waals surface area contributed by atoms with Crippen LogP contribution in [0.1, 0.15) is 36.6 Å². The molecule has 2 heterocycles. The van der Waals surface area contributed by atoms with Gasteiger partial charge >= 0.3 is 0 Å². The highest BCUT2D eigenvalue weighted by Crippen LogP contribution is 2.41. The van der Waals surface area contributed by atoms with Gasteiger partial charge in [-0.3, -0.25) is 5.32 Å². The Kier molecular flexibility index (Phi) is 5.57. The Morgan fingerprint density at radius 2 is 2.11 bits per heavy atom. The standard InChI is InChI=1S/C19H20N8S/c1-10(2)8-28-12-5-3-4-11(6-12)16-14-15(22)13(7-20)17(23)26-18(14)27-19(25-16)24-9-21/h3-6,10,16H,8H2,1-2H3,(H6,22,23,24,25,26,27). The summed E-state index contributed by atoms with van der Waals surface area (Å²) in [7, 11) is 0. The highest BCUT2D eigenvalue weighted by atomic mass is 32.2. The predicted molar refractivity (Wildman–Crippen MR) is 111 cm³/mol. The molecule has 0 saturated heterocycles. The van der Waals surface area contributed by atoms with Gasteiger partial charge in [-0.25, -0.2) is 9.98 Å². The third-order valence-corrected chi connectivity index (χ3v) is 5.54. The molecule has 9 heteroatoms. The van der Waals surface area contributed by atoms with Crippen LogP contribution in [-0.4, -0.2) is 16.7 Å². The highest BCUT2D eigenvalue weighted by Gasteiger charge is 2.29. The predicted octanol–water partition coefficient (Wildman–Crippen LogP) is 2.81. The highest BCUT2D eigenvalue weighted by molar-refractivity contribution is 7.99. The van der Waals surface area contributed by atoms with E-state index < -0.39 is 6.04 Å². The van der Waals surface area contributed by atoms with E-state index in [0.717, 1.165) is 16.2 Å². The van der Waals surface area contributed by atoms with Gasteiger partial charge in [0.1, 0.15) is 29.3 Å². The second-order valence-corrected chi connectivity index (χ2v) is 7.77. The maximum Gasteiger partial charge on any atom is 0.211 e. The van der Waals surface area contributed by atoms with Crippen molar-refractivity contribution in [1.29, 1.82) is 10.5 Å². The summed E-state index contributed by atoms with van der Waals surface area (Å²) < 4.78 is 0. The van der Waals surface area contributed by atoms with Crippen molar-refractivity contribution in [2.75, 3.05) is 22.5 Å². The molecule has 0 bridgehead atoms. The molecule has 0 saturated carbocycles. The van der Waals surface area contributed by atoms with Crippen LogP contribution in [0.2, 0.25) is 0 Å². The minimum absolute atomic E-state index is 0.0319. The number of anilines is 3. The van der Waals surface area contributed by atoms with Gasteiger partial charge in [-0.2, -0.15) is 10.5 Å². The number of rotatable bonds is 4. The number of hydrogen-bond donors (Lipinski definition) is 4. The fourth-order valence-corrected chi connectivity index (χ4v) is 3.78. The molecule has 1 aromatic carbocycles. The molecule has 3 rings (SSSR count). The van der Waals surface area contributed by atoms with E-state index >= 15 is 0 Å². The van der Waals surface area contributed by atoms with E-state index in [4.69, 9.17) is 16.7 Å². The molecule has 1 aromatic heterocycles. The largest absolute Gasteiger partial charge is 0.397 e. The molecule has 6 N–H and O–H groups in total. The summed E-state index contributed by atoms with van der Waals surface area (Å²) in [6.45, 7) is 4.34. The summed E-state index contributed by atoms with van der Waals surface area (Å²) in [5.74, 6) is 2.22. The molecule has 142 valence electrons. The van der Waals surface area contributed by atoms with Gasteiger partial charge in [-0.05, 0) is 23.6 Å². The quantitative estimate of drug-likeness (QED) is 0.352. The summed E-state index contributed by atoms with van der Waals surface area (Å²) in [6, 6.07) is 9.47. The Labute approximate surface area is 167 Å². The number of benzene rings is 1. The van der Waals surface area contributed by atoms with Crippen molar-refractivity contribution in [3.05, 3.63) is 41.0 Å². The summed E-state index contributed by atoms with van der Waals surface area (Å²) in [6.07, 6.45) is 1.85. The van der Waals surface area contributed by atoms with Crippen molar-refractivity contribution in [1.82, 2.24) is 10.3 Å². The van der Waals surface area contributed by atoms with Crippen LogP contribution in [0, 0.1) is 28.7 Å². The van der Waals surface area contributed by atoms with Crippen LogP contribution in [0.5, 0.6) is 0 Å². The van der Waals surface area contributed by atoms with E-state index in [1.54, 1.807) is 11.8 Å². The van der Waals surface area contributed by atoms with Crippen LogP contribution in [0.3, 0.4) is 0 Å². The van der Waals surface area contributed by atoms with Gasteiger partial charge in [0, 0.05) is 16.2 Å². The first-order chi connectivity index (χ1) is 13.4. The van der Waals surface area contributed by atoms with Crippen molar-refractivity contribution in [3.8, 4) is 12.3 Å². The maximum atomic E-state index is 9.39. The van der Waals surface area contributed by atoms with Crippen molar-refractivity contribution in [3.63, 3.8) is 0 Å². The fourth-order valence-electron chi connectivity index (χ4n) is 2.86.